The maximum Gasteiger partial charge on any atom is 0.101 e. The van der Waals surface area contributed by atoms with Crippen molar-refractivity contribution >= 4 is 21.6 Å². The van der Waals surface area contributed by atoms with Crippen LogP contribution in [0.5, 0.6) is 0 Å². The number of benzene rings is 2. The Balaban J connectivity index is 1.89. The average Bonchev–Trinajstić information content (AvgIpc) is 2.92. The summed E-state index contributed by atoms with van der Waals surface area (Å²) in [4.78, 5) is 0. The molecular formula is C17H12BrN3. The fourth-order valence-electron chi connectivity index (χ4n) is 2.78. The van der Waals surface area contributed by atoms with Gasteiger partial charge in [-0.3, -0.25) is 0 Å². The molecule has 1 atom stereocenters. The Morgan fingerprint density at radius 2 is 1.90 bits per heavy atom. The zero-order chi connectivity index (χ0) is 14.8. The lowest BCUT2D eigenvalue weighted by Crippen LogP contribution is -2.07. The molecule has 3 nitrogen and oxygen atoms in total. The van der Waals surface area contributed by atoms with E-state index in [1.807, 2.05) is 18.2 Å². The summed E-state index contributed by atoms with van der Waals surface area (Å²) in [6.07, 6.45) is 2.07. The molecule has 0 amide bonds. The van der Waals surface area contributed by atoms with E-state index >= 15 is 0 Å². The summed E-state index contributed by atoms with van der Waals surface area (Å²) < 4.78 is 1.15. The molecule has 21 heavy (non-hydrogen) atoms. The standard InChI is InChI=1S/C17H12BrN3/c18-16-3-1-2-15-14(16)6-7-17(15)21-13-5-4-11(9-19)12(8-13)10-20/h1-5,8,17,21H,6-7H2. The Bertz CT molecular complexity index is 784. The first-order valence-corrected chi connectivity index (χ1v) is 7.50. The summed E-state index contributed by atoms with van der Waals surface area (Å²) in [5.41, 5.74) is 4.35. The number of rotatable bonds is 2. The smallest absolute Gasteiger partial charge is 0.101 e. The quantitative estimate of drug-likeness (QED) is 0.888. The van der Waals surface area contributed by atoms with Gasteiger partial charge in [-0.2, -0.15) is 10.5 Å². The van der Waals surface area contributed by atoms with Crippen LogP contribution in [-0.2, 0) is 6.42 Å². The SMILES string of the molecule is N#Cc1ccc(NC2CCc3c(Br)cccc32)cc1C#N. The van der Waals surface area contributed by atoms with Crippen molar-refractivity contribution in [3.05, 3.63) is 63.1 Å². The molecule has 0 saturated heterocycles. The highest BCUT2D eigenvalue weighted by atomic mass is 79.9. The maximum absolute atomic E-state index is 9.09. The van der Waals surface area contributed by atoms with Crippen molar-refractivity contribution in [1.82, 2.24) is 0 Å². The molecule has 0 spiro atoms. The van der Waals surface area contributed by atoms with Crippen LogP contribution in [0, 0.1) is 22.7 Å². The second-order valence-corrected chi connectivity index (χ2v) is 5.88. The van der Waals surface area contributed by atoms with Gasteiger partial charge in [-0.1, -0.05) is 28.1 Å². The van der Waals surface area contributed by atoms with E-state index in [0.717, 1.165) is 23.0 Å². The van der Waals surface area contributed by atoms with Gasteiger partial charge in [-0.15, -0.1) is 0 Å². The van der Waals surface area contributed by atoms with E-state index in [1.165, 1.54) is 11.1 Å². The highest BCUT2D eigenvalue weighted by molar-refractivity contribution is 9.10. The highest BCUT2D eigenvalue weighted by Gasteiger charge is 2.23. The Morgan fingerprint density at radius 3 is 2.67 bits per heavy atom. The van der Waals surface area contributed by atoms with Crippen LogP contribution >= 0.6 is 15.9 Å². The number of fused-ring (bicyclic) bond motifs is 1. The van der Waals surface area contributed by atoms with E-state index in [-0.39, 0.29) is 6.04 Å². The van der Waals surface area contributed by atoms with Crippen molar-refractivity contribution in [3.63, 3.8) is 0 Å². The lowest BCUT2D eigenvalue weighted by molar-refractivity contribution is 0.762. The zero-order valence-electron chi connectivity index (χ0n) is 11.2. The summed E-state index contributed by atoms with van der Waals surface area (Å²) in [6, 6.07) is 15.9. The molecule has 1 N–H and O–H groups in total. The van der Waals surface area contributed by atoms with Gasteiger partial charge in [0.15, 0.2) is 0 Å². The van der Waals surface area contributed by atoms with Gasteiger partial charge in [0.05, 0.1) is 17.2 Å². The summed E-state index contributed by atoms with van der Waals surface area (Å²) in [7, 11) is 0. The van der Waals surface area contributed by atoms with E-state index in [9.17, 15) is 0 Å². The van der Waals surface area contributed by atoms with Crippen LogP contribution in [0.1, 0.15) is 34.7 Å². The Hall–Kier alpha value is -2.30. The van der Waals surface area contributed by atoms with Gasteiger partial charge < -0.3 is 5.32 Å². The molecule has 0 fully saturated rings. The predicted octanol–water partition coefficient (Wildman–Crippen LogP) is 4.29. The Morgan fingerprint density at radius 1 is 1.10 bits per heavy atom. The topological polar surface area (TPSA) is 59.6 Å². The van der Waals surface area contributed by atoms with Gasteiger partial charge in [0.25, 0.3) is 0 Å². The van der Waals surface area contributed by atoms with Crippen molar-refractivity contribution in [2.24, 2.45) is 0 Å². The number of halogens is 1. The van der Waals surface area contributed by atoms with Crippen LogP contribution in [-0.4, -0.2) is 0 Å². The molecule has 0 bridgehead atoms. The fourth-order valence-corrected chi connectivity index (χ4v) is 3.36. The second-order valence-electron chi connectivity index (χ2n) is 5.03. The van der Waals surface area contributed by atoms with E-state index in [2.05, 4.69) is 39.4 Å². The number of anilines is 1. The van der Waals surface area contributed by atoms with Crippen molar-refractivity contribution in [1.29, 1.82) is 10.5 Å². The molecule has 1 aliphatic rings. The number of nitrogens with one attached hydrogen (secondary N) is 1. The zero-order valence-corrected chi connectivity index (χ0v) is 12.8. The van der Waals surface area contributed by atoms with Crippen molar-refractivity contribution in [3.8, 4) is 12.1 Å². The highest BCUT2D eigenvalue weighted by Crippen LogP contribution is 2.37. The minimum absolute atomic E-state index is 0.247. The molecule has 0 radical (unpaired) electrons. The van der Waals surface area contributed by atoms with Crippen molar-refractivity contribution in [2.75, 3.05) is 5.32 Å². The monoisotopic (exact) mass is 337 g/mol. The second kappa shape index (κ2) is 5.60. The maximum atomic E-state index is 9.09. The third kappa shape index (κ3) is 2.51. The molecule has 4 heteroatoms. The molecule has 0 saturated carbocycles. The number of hydrogen-bond acceptors (Lipinski definition) is 3. The summed E-state index contributed by atoms with van der Waals surface area (Å²) in [5.74, 6) is 0. The third-order valence-electron chi connectivity index (χ3n) is 3.81. The summed E-state index contributed by atoms with van der Waals surface area (Å²) >= 11 is 3.60. The molecule has 0 aromatic heterocycles. The molecule has 2 aromatic rings. The van der Waals surface area contributed by atoms with Crippen LogP contribution in [0.3, 0.4) is 0 Å². The Kier molecular flexibility index (Phi) is 3.64. The molecule has 102 valence electrons. The minimum Gasteiger partial charge on any atom is -0.378 e. The first kappa shape index (κ1) is 13.7. The molecule has 1 unspecified atom stereocenters. The van der Waals surface area contributed by atoms with Crippen LogP contribution in [0.25, 0.3) is 0 Å². The van der Waals surface area contributed by atoms with Crippen LogP contribution in [0.15, 0.2) is 40.9 Å². The normalized spacial score (nSPS) is 15.9. The predicted molar refractivity (Wildman–Crippen MR) is 84.7 cm³/mol. The Labute approximate surface area is 132 Å². The lowest BCUT2D eigenvalue weighted by atomic mass is 10.1. The number of hydrogen-bond donors (Lipinski definition) is 1. The van der Waals surface area contributed by atoms with Gasteiger partial charge in [0.2, 0.25) is 0 Å². The lowest BCUT2D eigenvalue weighted by Gasteiger charge is -2.16. The number of nitrogens with zero attached hydrogens (tertiary/aromatic N) is 2. The first-order chi connectivity index (χ1) is 10.2. The van der Waals surface area contributed by atoms with Gasteiger partial charge in [0, 0.05) is 10.2 Å². The van der Waals surface area contributed by atoms with Crippen LogP contribution in [0.4, 0.5) is 5.69 Å². The molecular weight excluding hydrogens is 326 g/mol. The first-order valence-electron chi connectivity index (χ1n) is 6.71. The van der Waals surface area contributed by atoms with E-state index in [4.69, 9.17) is 10.5 Å². The van der Waals surface area contributed by atoms with Crippen molar-refractivity contribution in [2.45, 2.75) is 18.9 Å². The molecule has 0 aliphatic heterocycles. The molecule has 0 heterocycles. The van der Waals surface area contributed by atoms with Gasteiger partial charge in [-0.05, 0) is 48.2 Å². The van der Waals surface area contributed by atoms with Gasteiger partial charge in [0.1, 0.15) is 12.1 Å². The number of nitriles is 2. The molecule has 2 aromatic carbocycles. The van der Waals surface area contributed by atoms with Crippen LogP contribution in [0.2, 0.25) is 0 Å². The summed E-state index contributed by atoms with van der Waals surface area (Å²) in [5, 5.41) is 21.5. The summed E-state index contributed by atoms with van der Waals surface area (Å²) in [6.45, 7) is 0. The van der Waals surface area contributed by atoms with Crippen molar-refractivity contribution < 1.29 is 0 Å². The third-order valence-corrected chi connectivity index (χ3v) is 4.56. The minimum atomic E-state index is 0.247. The van der Waals surface area contributed by atoms with E-state index < -0.39 is 0 Å². The average molecular weight is 338 g/mol. The molecule has 3 rings (SSSR count). The fraction of sp³-hybridized carbons (Fsp3) is 0.176. The van der Waals surface area contributed by atoms with E-state index in [0.29, 0.717) is 11.1 Å². The van der Waals surface area contributed by atoms with Gasteiger partial charge >= 0.3 is 0 Å². The molecule has 1 aliphatic carbocycles. The van der Waals surface area contributed by atoms with E-state index in [1.54, 1.807) is 12.1 Å². The van der Waals surface area contributed by atoms with Gasteiger partial charge in [-0.25, -0.2) is 0 Å². The van der Waals surface area contributed by atoms with Crippen LogP contribution < -0.4 is 5.32 Å². The largest absolute Gasteiger partial charge is 0.378 e.